The van der Waals surface area contributed by atoms with E-state index in [1.807, 2.05) is 36.4 Å². The molecular weight excluding hydrogens is 396 g/mol. The highest BCUT2D eigenvalue weighted by molar-refractivity contribution is 5.97. The number of carbonyl (C=O) groups excluding carboxylic acids is 3. The molecular formula is C24H32N2O5. The number of carbonyl (C=O) groups is 3. The number of amides is 2. The maximum absolute atomic E-state index is 12.9. The van der Waals surface area contributed by atoms with Crippen molar-refractivity contribution < 1.29 is 23.9 Å². The molecule has 168 valence electrons. The molecule has 1 N–H and O–H groups in total. The van der Waals surface area contributed by atoms with Crippen LogP contribution >= 0.6 is 0 Å². The van der Waals surface area contributed by atoms with E-state index < -0.39 is 35.3 Å². The number of rotatable bonds is 4. The zero-order valence-corrected chi connectivity index (χ0v) is 19.0. The van der Waals surface area contributed by atoms with Crippen LogP contribution in [0.25, 0.3) is 6.08 Å². The first-order chi connectivity index (χ1) is 14.4. The Bertz CT molecular complexity index is 847. The van der Waals surface area contributed by atoms with Crippen molar-refractivity contribution in [2.24, 2.45) is 5.92 Å². The third-order valence-electron chi connectivity index (χ3n) is 4.24. The molecule has 0 spiro atoms. The summed E-state index contributed by atoms with van der Waals surface area (Å²) in [7, 11) is 0. The van der Waals surface area contributed by atoms with Gasteiger partial charge in [-0.25, -0.2) is 20.0 Å². The molecule has 2 atom stereocenters. The van der Waals surface area contributed by atoms with E-state index in [1.165, 1.54) is 6.08 Å². The van der Waals surface area contributed by atoms with Gasteiger partial charge in [0.1, 0.15) is 11.2 Å². The van der Waals surface area contributed by atoms with Crippen LogP contribution < -0.4 is 5.43 Å². The summed E-state index contributed by atoms with van der Waals surface area (Å²) in [4.78, 5) is 38.1. The molecule has 31 heavy (non-hydrogen) atoms. The molecule has 0 heterocycles. The standard InChI is InChI=1S/C24H32N2O5/c1-23(2,3)30-21(28)25-26(22(29)31-24(4,5)6)19-14-10-13-18(19)20(27)16-15-17-11-8-7-9-12-17/h7-13,15-16,18-19H,14H2,1-6H3,(H,25,28)/b16-15+/t18-,19-/m1/s1. The summed E-state index contributed by atoms with van der Waals surface area (Å²) >= 11 is 0. The Morgan fingerprint density at radius 2 is 1.61 bits per heavy atom. The van der Waals surface area contributed by atoms with Crippen molar-refractivity contribution in [2.75, 3.05) is 0 Å². The largest absolute Gasteiger partial charge is 0.443 e. The molecule has 7 nitrogen and oxygen atoms in total. The van der Waals surface area contributed by atoms with E-state index in [1.54, 1.807) is 53.7 Å². The smallest absolute Gasteiger partial charge is 0.429 e. The quantitative estimate of drug-likeness (QED) is 0.419. The Morgan fingerprint density at radius 3 is 2.19 bits per heavy atom. The van der Waals surface area contributed by atoms with Crippen LogP contribution in [0.4, 0.5) is 9.59 Å². The van der Waals surface area contributed by atoms with Crippen molar-refractivity contribution in [1.29, 1.82) is 0 Å². The summed E-state index contributed by atoms with van der Waals surface area (Å²) in [5.74, 6) is -0.801. The summed E-state index contributed by atoms with van der Waals surface area (Å²) in [6.07, 6.45) is 5.63. The molecule has 1 aromatic rings. The van der Waals surface area contributed by atoms with E-state index >= 15 is 0 Å². The fourth-order valence-corrected chi connectivity index (χ4v) is 3.02. The minimum atomic E-state index is -0.795. The Kier molecular flexibility index (Phi) is 7.65. The average Bonchev–Trinajstić information content (AvgIpc) is 3.11. The Labute approximate surface area is 184 Å². The molecule has 7 heteroatoms. The number of nitrogens with one attached hydrogen (secondary N) is 1. The van der Waals surface area contributed by atoms with Crippen LogP contribution in [0.3, 0.4) is 0 Å². The predicted octanol–water partition coefficient (Wildman–Crippen LogP) is 4.89. The van der Waals surface area contributed by atoms with Crippen molar-refractivity contribution in [3.63, 3.8) is 0 Å². The first-order valence-electron chi connectivity index (χ1n) is 10.3. The summed E-state index contributed by atoms with van der Waals surface area (Å²) in [6, 6.07) is 8.83. The van der Waals surface area contributed by atoms with Crippen molar-refractivity contribution in [2.45, 2.75) is 65.2 Å². The molecule has 1 aliphatic rings. The zero-order valence-electron chi connectivity index (χ0n) is 19.0. The highest BCUT2D eigenvalue weighted by Crippen LogP contribution is 2.26. The number of ketones is 1. The monoisotopic (exact) mass is 428 g/mol. The van der Waals surface area contributed by atoms with E-state index in [2.05, 4.69) is 5.43 Å². The van der Waals surface area contributed by atoms with Crippen LogP contribution in [-0.4, -0.2) is 40.2 Å². The molecule has 0 radical (unpaired) electrons. The molecule has 1 aromatic carbocycles. The molecule has 0 saturated heterocycles. The second-order valence-corrected chi connectivity index (χ2v) is 9.37. The maximum atomic E-state index is 12.9. The van der Waals surface area contributed by atoms with Gasteiger partial charge in [0.15, 0.2) is 5.78 Å². The van der Waals surface area contributed by atoms with Gasteiger partial charge in [-0.1, -0.05) is 48.6 Å². The molecule has 0 aliphatic heterocycles. The highest BCUT2D eigenvalue weighted by atomic mass is 16.6. The lowest BCUT2D eigenvalue weighted by molar-refractivity contribution is -0.118. The predicted molar refractivity (Wildman–Crippen MR) is 119 cm³/mol. The van der Waals surface area contributed by atoms with Gasteiger partial charge in [0.2, 0.25) is 0 Å². The molecule has 0 bridgehead atoms. The summed E-state index contributed by atoms with van der Waals surface area (Å²) in [5.41, 5.74) is 1.85. The average molecular weight is 429 g/mol. The number of ether oxygens (including phenoxy) is 2. The van der Waals surface area contributed by atoms with Crippen LogP contribution in [0.15, 0.2) is 48.6 Å². The van der Waals surface area contributed by atoms with E-state index in [9.17, 15) is 14.4 Å². The van der Waals surface area contributed by atoms with Crippen molar-refractivity contribution in [1.82, 2.24) is 10.4 Å². The van der Waals surface area contributed by atoms with E-state index in [4.69, 9.17) is 9.47 Å². The van der Waals surface area contributed by atoms with Crippen LogP contribution in [-0.2, 0) is 14.3 Å². The minimum Gasteiger partial charge on any atom is -0.443 e. The third kappa shape index (κ3) is 7.92. The summed E-state index contributed by atoms with van der Waals surface area (Å²) in [6.45, 7) is 10.4. The van der Waals surface area contributed by atoms with E-state index in [0.717, 1.165) is 10.6 Å². The van der Waals surface area contributed by atoms with Gasteiger partial charge in [0.25, 0.3) is 0 Å². The lowest BCUT2D eigenvalue weighted by Crippen LogP contribution is -2.56. The van der Waals surface area contributed by atoms with Gasteiger partial charge in [-0.3, -0.25) is 4.79 Å². The third-order valence-corrected chi connectivity index (χ3v) is 4.24. The number of hydrogen-bond donors (Lipinski definition) is 1. The van der Waals surface area contributed by atoms with Crippen LogP contribution in [0.1, 0.15) is 53.5 Å². The summed E-state index contributed by atoms with van der Waals surface area (Å²) < 4.78 is 10.8. The van der Waals surface area contributed by atoms with Crippen molar-refractivity contribution in [3.8, 4) is 0 Å². The Balaban J connectivity index is 2.22. The molecule has 0 fully saturated rings. The number of benzene rings is 1. The maximum Gasteiger partial charge on any atom is 0.429 e. The summed E-state index contributed by atoms with van der Waals surface area (Å²) in [5, 5.41) is 1.07. The van der Waals surface area contributed by atoms with Gasteiger partial charge in [0.05, 0.1) is 12.0 Å². The topological polar surface area (TPSA) is 84.9 Å². The van der Waals surface area contributed by atoms with Crippen LogP contribution in [0.5, 0.6) is 0 Å². The van der Waals surface area contributed by atoms with Gasteiger partial charge in [-0.2, -0.15) is 0 Å². The molecule has 1 aliphatic carbocycles. The van der Waals surface area contributed by atoms with Crippen LogP contribution in [0, 0.1) is 5.92 Å². The lowest BCUT2D eigenvalue weighted by Gasteiger charge is -2.34. The van der Waals surface area contributed by atoms with Crippen LogP contribution in [0.2, 0.25) is 0 Å². The fourth-order valence-electron chi connectivity index (χ4n) is 3.02. The normalized spacial score (nSPS) is 18.6. The first kappa shape index (κ1) is 24.2. The van der Waals surface area contributed by atoms with Crippen molar-refractivity contribution in [3.05, 3.63) is 54.1 Å². The molecule has 2 amide bonds. The Morgan fingerprint density at radius 1 is 1.00 bits per heavy atom. The number of hydrogen-bond acceptors (Lipinski definition) is 5. The minimum absolute atomic E-state index is 0.179. The van der Waals surface area contributed by atoms with E-state index in [-0.39, 0.29) is 5.78 Å². The van der Waals surface area contributed by atoms with Gasteiger partial charge in [-0.15, -0.1) is 0 Å². The van der Waals surface area contributed by atoms with Gasteiger partial charge in [0, 0.05) is 0 Å². The molecule has 0 unspecified atom stereocenters. The molecule has 0 saturated carbocycles. The zero-order chi connectivity index (χ0) is 23.2. The number of allylic oxidation sites excluding steroid dienone is 1. The Hall–Kier alpha value is -3.09. The first-order valence-corrected chi connectivity index (χ1v) is 10.3. The second kappa shape index (κ2) is 9.81. The molecule has 0 aromatic heterocycles. The SMILES string of the molecule is CC(C)(C)OC(=O)NN(C(=O)OC(C)(C)C)[C@@H]1CC=C[C@H]1C(=O)/C=C/c1ccccc1. The number of hydrazine groups is 1. The van der Waals surface area contributed by atoms with Gasteiger partial charge >= 0.3 is 12.2 Å². The lowest BCUT2D eigenvalue weighted by atomic mass is 9.97. The number of nitrogens with zero attached hydrogens (tertiary/aromatic N) is 1. The van der Waals surface area contributed by atoms with Gasteiger partial charge < -0.3 is 9.47 Å². The van der Waals surface area contributed by atoms with Gasteiger partial charge in [-0.05, 0) is 59.6 Å². The highest BCUT2D eigenvalue weighted by Gasteiger charge is 2.39. The molecule has 2 rings (SSSR count). The second-order valence-electron chi connectivity index (χ2n) is 9.37. The van der Waals surface area contributed by atoms with E-state index in [0.29, 0.717) is 6.42 Å². The fraction of sp³-hybridized carbons (Fsp3) is 0.458. The van der Waals surface area contributed by atoms with Crippen molar-refractivity contribution >= 4 is 24.0 Å².